The van der Waals surface area contributed by atoms with Crippen LogP contribution < -0.4 is 24.8 Å². The molecule has 0 unspecified atom stereocenters. The van der Waals surface area contributed by atoms with Crippen molar-refractivity contribution in [2.45, 2.75) is 65.2 Å². The third-order valence-electron chi connectivity index (χ3n) is 7.65. The van der Waals surface area contributed by atoms with Crippen LogP contribution in [0.4, 0.5) is 0 Å². The summed E-state index contributed by atoms with van der Waals surface area (Å²) in [6.07, 6.45) is 9.28. The summed E-state index contributed by atoms with van der Waals surface area (Å²) in [5.74, 6) is 0. The summed E-state index contributed by atoms with van der Waals surface area (Å²) in [4.78, 5) is 0. The van der Waals surface area contributed by atoms with Crippen molar-refractivity contribution in [3.63, 3.8) is 0 Å². The Hall–Kier alpha value is -1.40. The van der Waals surface area contributed by atoms with Gasteiger partial charge < -0.3 is 24.8 Å². The number of halogens is 2. The number of hydrogen-bond acceptors (Lipinski definition) is 0. The molecule has 0 aromatic heterocycles. The van der Waals surface area contributed by atoms with E-state index in [1.807, 2.05) is 30.3 Å². The van der Waals surface area contributed by atoms with Crippen molar-refractivity contribution < 1.29 is 51.0 Å². The summed E-state index contributed by atoms with van der Waals surface area (Å²) in [5, 5.41) is 0. The molecule has 0 saturated heterocycles. The fraction of sp³-hybridized carbons (Fsp3) is 0.312. The predicted octanol–water partition coefficient (Wildman–Crippen LogP) is 2.65. The summed E-state index contributed by atoms with van der Waals surface area (Å²) in [6, 6.07) is 20.0. The summed E-state index contributed by atoms with van der Waals surface area (Å²) < 4.78 is 0. The Labute approximate surface area is 243 Å². The Morgan fingerprint density at radius 1 is 0.714 bits per heavy atom. The van der Waals surface area contributed by atoms with Crippen LogP contribution in [0.3, 0.4) is 0 Å². The Bertz CT molecular complexity index is 1150. The molecule has 6 rings (SSSR count). The van der Waals surface area contributed by atoms with E-state index >= 15 is 0 Å². The van der Waals surface area contributed by atoms with Gasteiger partial charge in [0.05, 0.1) is 0 Å². The van der Waals surface area contributed by atoms with Crippen LogP contribution in [0.15, 0.2) is 66.7 Å². The second-order valence-electron chi connectivity index (χ2n) is 11.0. The van der Waals surface area contributed by atoms with Crippen molar-refractivity contribution in [2.75, 3.05) is 0 Å². The van der Waals surface area contributed by atoms with Crippen LogP contribution in [-0.4, -0.2) is 0 Å². The number of allylic oxidation sites excluding steroid dienone is 4. The quantitative estimate of drug-likeness (QED) is 0.281. The monoisotopic (exact) mass is 578 g/mol. The molecule has 3 aromatic carbocycles. The molecule has 3 aliphatic rings. The van der Waals surface area contributed by atoms with E-state index in [0.29, 0.717) is 0 Å². The molecule has 0 atom stereocenters. The maximum absolute atomic E-state index is 2.51. The SMILES string of the molecule is CC1=C[CH-]C(C)(C)c2cc3c(cc21)-c1cc2c(cc1C3)C(C)(C)CC=C2C.[Cl-].[Cl-].[Zr+4].c1cc[cH-]c1. The van der Waals surface area contributed by atoms with Crippen LogP contribution in [0.2, 0.25) is 0 Å². The van der Waals surface area contributed by atoms with Gasteiger partial charge in [-0.15, -0.1) is 12.5 Å². The minimum atomic E-state index is 0. The van der Waals surface area contributed by atoms with E-state index in [1.54, 1.807) is 0 Å². The number of benzene rings is 2. The molecule has 180 valence electrons. The summed E-state index contributed by atoms with van der Waals surface area (Å²) in [7, 11) is 0. The first-order valence-electron chi connectivity index (χ1n) is 11.9. The zero-order chi connectivity index (χ0) is 22.7. The van der Waals surface area contributed by atoms with Gasteiger partial charge in [0, 0.05) is 0 Å². The first-order valence-corrected chi connectivity index (χ1v) is 11.9. The van der Waals surface area contributed by atoms with Gasteiger partial charge in [0.25, 0.3) is 0 Å². The van der Waals surface area contributed by atoms with Crippen LogP contribution in [0.5, 0.6) is 0 Å². The van der Waals surface area contributed by atoms with E-state index in [2.05, 4.69) is 84.4 Å². The first kappa shape index (κ1) is 29.8. The Morgan fingerprint density at radius 2 is 1.26 bits per heavy atom. The molecule has 35 heavy (non-hydrogen) atoms. The van der Waals surface area contributed by atoms with Crippen molar-refractivity contribution >= 4 is 11.1 Å². The molecular weight excluding hydrogens is 546 g/mol. The molecular formula is C32H34Cl2Zr. The third kappa shape index (κ3) is 5.34. The number of hydrogen-bond donors (Lipinski definition) is 0. The molecule has 3 aliphatic carbocycles. The van der Waals surface area contributed by atoms with Gasteiger partial charge in [-0.3, -0.25) is 0 Å². The van der Waals surface area contributed by atoms with Crippen LogP contribution in [0, 0.1) is 6.42 Å². The van der Waals surface area contributed by atoms with Gasteiger partial charge in [0.1, 0.15) is 0 Å². The number of rotatable bonds is 0. The van der Waals surface area contributed by atoms with Crippen molar-refractivity contribution in [3.8, 4) is 11.1 Å². The average Bonchev–Trinajstić information content (AvgIpc) is 3.44. The van der Waals surface area contributed by atoms with Crippen molar-refractivity contribution in [1.82, 2.24) is 0 Å². The molecule has 0 radical (unpaired) electrons. The largest absolute Gasteiger partial charge is 4.00 e. The molecule has 0 fully saturated rings. The van der Waals surface area contributed by atoms with E-state index in [-0.39, 0.29) is 61.8 Å². The minimum Gasteiger partial charge on any atom is -1.00 e. The van der Waals surface area contributed by atoms with Crippen molar-refractivity contribution in [2.24, 2.45) is 0 Å². The fourth-order valence-electron chi connectivity index (χ4n) is 5.50. The van der Waals surface area contributed by atoms with Crippen LogP contribution >= 0.6 is 0 Å². The maximum Gasteiger partial charge on any atom is 4.00 e. The summed E-state index contributed by atoms with van der Waals surface area (Å²) >= 11 is 0. The van der Waals surface area contributed by atoms with E-state index in [9.17, 15) is 0 Å². The second-order valence-corrected chi connectivity index (χ2v) is 11.0. The van der Waals surface area contributed by atoms with E-state index in [0.717, 1.165) is 12.8 Å². The molecule has 0 saturated carbocycles. The number of fused-ring (bicyclic) bond motifs is 5. The molecule has 0 heterocycles. The fourth-order valence-corrected chi connectivity index (χ4v) is 5.50. The Balaban J connectivity index is 0.000000485. The van der Waals surface area contributed by atoms with Gasteiger partial charge in [-0.25, -0.2) is 24.6 Å². The standard InChI is InChI=1S/C27H29.C5H5.2ClH.Zr/c1-16-7-9-26(3,4)24-12-18-11-19-13-25-21(17(2)8-10-27(25,5)6)15-23(19)22(18)14-20(16)24;1-2-4-5-3-1;;;/h7-9,12-15H,10-11H2,1-6H3;1-5H;2*1H;/q2*-1;;;+4/p-2. The van der Waals surface area contributed by atoms with Gasteiger partial charge in [0.15, 0.2) is 0 Å². The molecule has 0 bridgehead atoms. The van der Waals surface area contributed by atoms with Crippen molar-refractivity contribution in [1.29, 1.82) is 0 Å². The average molecular weight is 581 g/mol. The van der Waals surface area contributed by atoms with E-state index < -0.39 is 0 Å². The zero-order valence-corrected chi connectivity index (χ0v) is 25.6. The second kappa shape index (κ2) is 10.9. The van der Waals surface area contributed by atoms with Gasteiger partial charge in [0.2, 0.25) is 0 Å². The van der Waals surface area contributed by atoms with Crippen molar-refractivity contribution in [3.05, 3.63) is 107 Å². The molecule has 3 aromatic rings. The molecule has 0 spiro atoms. The Kier molecular flexibility index (Phi) is 9.31. The van der Waals surface area contributed by atoms with Gasteiger partial charge in [-0.1, -0.05) is 62.9 Å². The van der Waals surface area contributed by atoms with Gasteiger partial charge in [-0.2, -0.15) is 23.8 Å². The van der Waals surface area contributed by atoms with Crippen LogP contribution in [0.25, 0.3) is 22.3 Å². The summed E-state index contributed by atoms with van der Waals surface area (Å²) in [6.45, 7) is 13.9. The van der Waals surface area contributed by atoms with Crippen LogP contribution in [-0.2, 0) is 43.5 Å². The maximum atomic E-state index is 2.51. The predicted molar refractivity (Wildman–Crippen MR) is 139 cm³/mol. The molecule has 0 N–H and O–H groups in total. The Morgan fingerprint density at radius 3 is 1.80 bits per heavy atom. The van der Waals surface area contributed by atoms with E-state index in [1.165, 1.54) is 55.7 Å². The first-order chi connectivity index (χ1) is 15.2. The molecule has 3 heteroatoms. The van der Waals surface area contributed by atoms with E-state index in [4.69, 9.17) is 0 Å². The van der Waals surface area contributed by atoms with Crippen LogP contribution in [0.1, 0.15) is 81.3 Å². The molecule has 0 amide bonds. The molecule has 0 aliphatic heterocycles. The normalized spacial score (nSPS) is 17.0. The topological polar surface area (TPSA) is 0 Å². The molecule has 0 nitrogen and oxygen atoms in total. The third-order valence-corrected chi connectivity index (χ3v) is 7.65. The smallest absolute Gasteiger partial charge is 1.00 e. The van der Waals surface area contributed by atoms with Gasteiger partial charge >= 0.3 is 26.2 Å². The summed E-state index contributed by atoms with van der Waals surface area (Å²) in [5.41, 5.74) is 15.0. The zero-order valence-electron chi connectivity index (χ0n) is 21.6. The van der Waals surface area contributed by atoms with Gasteiger partial charge in [-0.05, 0) is 70.2 Å². The minimum absolute atomic E-state index is 0.